The fraction of sp³-hybridized carbons (Fsp3) is 0.120. The first kappa shape index (κ1) is 20.4. The van der Waals surface area contributed by atoms with Gasteiger partial charge in [0.2, 0.25) is 0 Å². The van der Waals surface area contributed by atoms with Gasteiger partial charge in [-0.1, -0.05) is 18.2 Å². The number of nitrogens with zero attached hydrogens (tertiary/aromatic N) is 2. The zero-order valence-electron chi connectivity index (χ0n) is 17.8. The summed E-state index contributed by atoms with van der Waals surface area (Å²) in [5.41, 5.74) is 4.11. The lowest BCUT2D eigenvalue weighted by atomic mass is 10.1. The van der Waals surface area contributed by atoms with Gasteiger partial charge in [0, 0.05) is 30.4 Å². The number of carbonyl (C=O) groups is 2. The summed E-state index contributed by atoms with van der Waals surface area (Å²) >= 11 is 0. The minimum atomic E-state index is -0.473. The average molecular weight is 440 g/mol. The van der Waals surface area contributed by atoms with Crippen molar-refractivity contribution in [1.29, 1.82) is 0 Å². The van der Waals surface area contributed by atoms with Gasteiger partial charge in [-0.3, -0.25) is 4.79 Å². The molecule has 8 heteroatoms. The van der Waals surface area contributed by atoms with Gasteiger partial charge in [-0.25, -0.2) is 14.8 Å². The molecule has 0 saturated heterocycles. The Morgan fingerprint density at radius 1 is 1.03 bits per heavy atom. The van der Waals surface area contributed by atoms with E-state index in [0.717, 1.165) is 17.8 Å². The third-order valence-corrected chi connectivity index (χ3v) is 5.37. The minimum Gasteiger partial charge on any atom is -0.493 e. The molecule has 0 radical (unpaired) electrons. The number of rotatable bonds is 5. The molecule has 0 bridgehead atoms. The highest BCUT2D eigenvalue weighted by Crippen LogP contribution is 2.32. The Labute approximate surface area is 189 Å². The number of ether oxygens (including phenoxy) is 2. The maximum atomic E-state index is 12.4. The number of methoxy groups -OCH3 is 1. The predicted molar refractivity (Wildman–Crippen MR) is 121 cm³/mol. The second-order valence-electron chi connectivity index (χ2n) is 7.47. The smallest absolute Gasteiger partial charge is 0.343 e. The molecule has 1 aliphatic heterocycles. The van der Waals surface area contributed by atoms with Gasteiger partial charge < -0.3 is 19.8 Å². The zero-order chi connectivity index (χ0) is 22.8. The van der Waals surface area contributed by atoms with Gasteiger partial charge in [-0.2, -0.15) is 0 Å². The summed E-state index contributed by atoms with van der Waals surface area (Å²) in [7, 11) is 1.50. The second kappa shape index (κ2) is 8.58. The van der Waals surface area contributed by atoms with Gasteiger partial charge in [0.1, 0.15) is 0 Å². The van der Waals surface area contributed by atoms with Crippen LogP contribution in [0.15, 0.2) is 66.9 Å². The number of amides is 1. The monoisotopic (exact) mass is 440 g/mol. The van der Waals surface area contributed by atoms with E-state index in [-0.39, 0.29) is 5.91 Å². The van der Waals surface area contributed by atoms with Crippen molar-refractivity contribution in [2.24, 2.45) is 0 Å². The number of aromatic nitrogens is 3. The highest BCUT2D eigenvalue weighted by Gasteiger charge is 2.21. The Morgan fingerprint density at radius 2 is 1.88 bits per heavy atom. The Kier molecular flexibility index (Phi) is 5.32. The van der Waals surface area contributed by atoms with Crippen molar-refractivity contribution in [3.8, 4) is 34.3 Å². The number of fused-ring (bicyclic) bond motifs is 1. The van der Waals surface area contributed by atoms with Crippen LogP contribution in [-0.4, -0.2) is 40.5 Å². The minimum absolute atomic E-state index is 0.0848. The van der Waals surface area contributed by atoms with Crippen LogP contribution in [0.3, 0.4) is 0 Å². The van der Waals surface area contributed by atoms with Crippen molar-refractivity contribution in [3.63, 3.8) is 0 Å². The molecule has 33 heavy (non-hydrogen) atoms. The highest BCUT2D eigenvalue weighted by atomic mass is 16.6. The molecule has 3 heterocycles. The summed E-state index contributed by atoms with van der Waals surface area (Å²) in [6.45, 7) is 0.613. The van der Waals surface area contributed by atoms with E-state index >= 15 is 0 Å². The van der Waals surface area contributed by atoms with E-state index in [1.54, 1.807) is 54.7 Å². The molecule has 1 amide bonds. The van der Waals surface area contributed by atoms with Crippen LogP contribution in [-0.2, 0) is 6.42 Å². The first-order valence-corrected chi connectivity index (χ1v) is 10.4. The van der Waals surface area contributed by atoms with E-state index in [0.29, 0.717) is 46.3 Å². The SMILES string of the molecule is COc1cc(-c2nccc(-c3cc4c([nH]3)CCNC4=O)n2)ccc1OC(=O)c1ccccc1. The van der Waals surface area contributed by atoms with Crippen LogP contribution in [0.5, 0.6) is 11.5 Å². The molecule has 2 aromatic carbocycles. The number of carbonyl (C=O) groups excluding carboxylic acids is 2. The van der Waals surface area contributed by atoms with Gasteiger partial charge in [0.15, 0.2) is 17.3 Å². The Bertz CT molecular complexity index is 1350. The maximum absolute atomic E-state index is 12.4. The van der Waals surface area contributed by atoms with Crippen LogP contribution in [0.4, 0.5) is 0 Å². The Morgan fingerprint density at radius 3 is 2.67 bits per heavy atom. The molecule has 2 N–H and O–H groups in total. The molecule has 0 saturated carbocycles. The quantitative estimate of drug-likeness (QED) is 0.362. The van der Waals surface area contributed by atoms with E-state index < -0.39 is 5.97 Å². The van der Waals surface area contributed by atoms with E-state index in [9.17, 15) is 9.59 Å². The molecule has 0 atom stereocenters. The largest absolute Gasteiger partial charge is 0.493 e. The molecule has 4 aromatic rings. The number of H-pyrrole nitrogens is 1. The standard InChI is InChI=1S/C25H20N4O4/c1-32-22-13-16(7-8-21(22)33-25(31)15-5-3-2-4-6-15)23-26-11-10-19(29-23)20-14-17-18(28-20)9-12-27-24(17)30/h2-8,10-11,13-14,28H,9,12H2,1H3,(H,27,30). The van der Waals surface area contributed by atoms with Crippen molar-refractivity contribution >= 4 is 11.9 Å². The second-order valence-corrected chi connectivity index (χ2v) is 7.47. The summed E-state index contributed by atoms with van der Waals surface area (Å²) in [6.07, 6.45) is 2.41. The van der Waals surface area contributed by atoms with Crippen molar-refractivity contribution in [3.05, 3.63) is 83.7 Å². The number of benzene rings is 2. The predicted octanol–water partition coefficient (Wildman–Crippen LogP) is 3.65. The molecule has 1 aliphatic rings. The Balaban J connectivity index is 1.43. The Hall–Kier alpha value is -4.46. The van der Waals surface area contributed by atoms with Crippen LogP contribution in [0, 0.1) is 0 Å². The van der Waals surface area contributed by atoms with Crippen LogP contribution >= 0.6 is 0 Å². The lowest BCUT2D eigenvalue weighted by Gasteiger charge is -2.11. The molecular formula is C25H20N4O4. The van der Waals surface area contributed by atoms with Crippen molar-refractivity contribution in [2.75, 3.05) is 13.7 Å². The van der Waals surface area contributed by atoms with E-state index in [1.165, 1.54) is 7.11 Å². The third-order valence-electron chi connectivity index (χ3n) is 5.37. The van der Waals surface area contributed by atoms with Crippen molar-refractivity contribution < 1.29 is 19.1 Å². The lowest BCUT2D eigenvalue weighted by Crippen LogP contribution is -2.31. The molecule has 0 spiro atoms. The molecule has 0 aliphatic carbocycles. The maximum Gasteiger partial charge on any atom is 0.343 e. The summed E-state index contributed by atoms with van der Waals surface area (Å²) < 4.78 is 11.0. The van der Waals surface area contributed by atoms with Crippen LogP contribution in [0.1, 0.15) is 26.4 Å². The molecule has 0 unspecified atom stereocenters. The van der Waals surface area contributed by atoms with Crippen molar-refractivity contribution in [1.82, 2.24) is 20.3 Å². The van der Waals surface area contributed by atoms with Gasteiger partial charge >= 0.3 is 5.97 Å². The van der Waals surface area contributed by atoms with Gasteiger partial charge in [-0.15, -0.1) is 0 Å². The van der Waals surface area contributed by atoms with E-state index in [2.05, 4.69) is 20.3 Å². The fourth-order valence-corrected chi connectivity index (χ4v) is 3.70. The number of esters is 1. The average Bonchev–Trinajstić information content (AvgIpc) is 3.31. The van der Waals surface area contributed by atoms with Crippen LogP contribution in [0.25, 0.3) is 22.8 Å². The van der Waals surface area contributed by atoms with Crippen molar-refractivity contribution in [2.45, 2.75) is 6.42 Å². The molecule has 5 rings (SSSR count). The number of nitrogens with one attached hydrogen (secondary N) is 2. The first-order valence-electron chi connectivity index (χ1n) is 10.4. The topological polar surface area (TPSA) is 106 Å². The molecule has 164 valence electrons. The summed E-state index contributed by atoms with van der Waals surface area (Å²) in [4.78, 5) is 36.8. The van der Waals surface area contributed by atoms with E-state index in [4.69, 9.17) is 9.47 Å². The summed E-state index contributed by atoms with van der Waals surface area (Å²) in [5, 5.41) is 2.84. The molecule has 2 aromatic heterocycles. The van der Waals surface area contributed by atoms with Gasteiger partial charge in [0.05, 0.1) is 29.6 Å². The van der Waals surface area contributed by atoms with E-state index in [1.807, 2.05) is 12.1 Å². The number of hydrogen-bond donors (Lipinski definition) is 2. The lowest BCUT2D eigenvalue weighted by molar-refractivity contribution is 0.0729. The highest BCUT2D eigenvalue weighted by molar-refractivity contribution is 5.97. The number of aromatic amines is 1. The number of hydrogen-bond acceptors (Lipinski definition) is 6. The molecule has 8 nitrogen and oxygen atoms in total. The van der Waals surface area contributed by atoms with Crippen LogP contribution < -0.4 is 14.8 Å². The third kappa shape index (κ3) is 4.06. The summed E-state index contributed by atoms with van der Waals surface area (Å²) in [5.74, 6) is 0.605. The molecule has 0 fully saturated rings. The normalized spacial score (nSPS) is 12.6. The zero-order valence-corrected chi connectivity index (χ0v) is 17.8. The van der Waals surface area contributed by atoms with Gasteiger partial charge in [-0.05, 0) is 42.5 Å². The molecular weight excluding hydrogens is 420 g/mol. The first-order chi connectivity index (χ1) is 16.1. The summed E-state index contributed by atoms with van der Waals surface area (Å²) in [6, 6.07) is 17.5. The fourth-order valence-electron chi connectivity index (χ4n) is 3.70. The van der Waals surface area contributed by atoms with Gasteiger partial charge in [0.25, 0.3) is 5.91 Å². The van der Waals surface area contributed by atoms with Crippen LogP contribution in [0.2, 0.25) is 0 Å².